The number of carbonyl (C=O) groups excluding carboxylic acids is 1. The van der Waals surface area contributed by atoms with Crippen LogP contribution >= 0.6 is 0 Å². The number of aryl methyl sites for hydroxylation is 1. The van der Waals surface area contributed by atoms with Crippen molar-refractivity contribution < 1.29 is 18.0 Å². The summed E-state index contributed by atoms with van der Waals surface area (Å²) in [6.45, 7) is 1.88. The zero-order valence-electron chi connectivity index (χ0n) is 10.7. The van der Waals surface area contributed by atoms with Gasteiger partial charge < -0.3 is 5.32 Å². The molecule has 0 fully saturated rings. The molecule has 1 amide bonds. The van der Waals surface area contributed by atoms with Crippen molar-refractivity contribution in [2.45, 2.75) is 13.1 Å². The van der Waals surface area contributed by atoms with E-state index < -0.39 is 17.6 Å². The van der Waals surface area contributed by atoms with E-state index in [0.717, 1.165) is 17.7 Å². The van der Waals surface area contributed by atoms with Gasteiger partial charge in [0, 0.05) is 11.3 Å². The molecule has 2 aromatic rings. The van der Waals surface area contributed by atoms with Crippen molar-refractivity contribution in [2.24, 2.45) is 0 Å². The highest BCUT2D eigenvalue weighted by Crippen LogP contribution is 2.30. The van der Waals surface area contributed by atoms with E-state index in [1.165, 1.54) is 12.1 Å². The molecule has 0 aromatic heterocycles. The van der Waals surface area contributed by atoms with Crippen molar-refractivity contribution in [3.63, 3.8) is 0 Å². The number of benzene rings is 2. The molecule has 0 saturated carbocycles. The Kier molecular flexibility index (Phi) is 3.79. The molecule has 0 heterocycles. The molecule has 2 nitrogen and oxygen atoms in total. The molecule has 0 radical (unpaired) electrons. The minimum absolute atomic E-state index is 0.116. The van der Waals surface area contributed by atoms with E-state index >= 15 is 0 Å². The number of hydrogen-bond donors (Lipinski definition) is 1. The summed E-state index contributed by atoms with van der Waals surface area (Å²) in [5.41, 5.74) is 0.721. The van der Waals surface area contributed by atoms with Gasteiger partial charge in [0.15, 0.2) is 0 Å². The third kappa shape index (κ3) is 3.38. The zero-order chi connectivity index (χ0) is 14.8. The minimum Gasteiger partial charge on any atom is -0.322 e. The summed E-state index contributed by atoms with van der Waals surface area (Å²) in [4.78, 5) is 11.9. The predicted octanol–water partition coefficient (Wildman–Crippen LogP) is 4.27. The topological polar surface area (TPSA) is 29.1 Å². The first kappa shape index (κ1) is 14.1. The van der Waals surface area contributed by atoms with E-state index in [-0.39, 0.29) is 5.69 Å². The van der Waals surface area contributed by atoms with Crippen molar-refractivity contribution in [1.82, 2.24) is 0 Å². The molecule has 0 spiro atoms. The van der Waals surface area contributed by atoms with Gasteiger partial charge in [0.25, 0.3) is 5.91 Å². The molecule has 2 rings (SSSR count). The van der Waals surface area contributed by atoms with Crippen molar-refractivity contribution in [3.05, 3.63) is 65.2 Å². The predicted molar refractivity (Wildman–Crippen MR) is 70.6 cm³/mol. The Morgan fingerprint density at radius 2 is 1.70 bits per heavy atom. The van der Waals surface area contributed by atoms with Gasteiger partial charge in [-0.3, -0.25) is 4.79 Å². The highest BCUT2D eigenvalue weighted by atomic mass is 19.4. The van der Waals surface area contributed by atoms with Crippen LogP contribution in [-0.4, -0.2) is 5.91 Å². The lowest BCUT2D eigenvalue weighted by molar-refractivity contribution is -0.137. The van der Waals surface area contributed by atoms with Gasteiger partial charge in [0.2, 0.25) is 0 Å². The maximum Gasteiger partial charge on any atom is 0.416 e. The Bertz CT molecular complexity index is 618. The van der Waals surface area contributed by atoms with Crippen molar-refractivity contribution in [2.75, 3.05) is 5.32 Å². The van der Waals surface area contributed by atoms with E-state index in [1.807, 2.05) is 6.92 Å². The third-order valence-electron chi connectivity index (χ3n) is 2.76. The minimum atomic E-state index is -4.43. The van der Waals surface area contributed by atoms with E-state index in [4.69, 9.17) is 0 Å². The Labute approximate surface area is 114 Å². The second-order valence-corrected chi connectivity index (χ2v) is 4.40. The van der Waals surface area contributed by atoms with Crippen LogP contribution in [0.15, 0.2) is 48.5 Å². The van der Waals surface area contributed by atoms with Gasteiger partial charge in [0.1, 0.15) is 0 Å². The second-order valence-electron chi connectivity index (χ2n) is 4.40. The third-order valence-corrected chi connectivity index (χ3v) is 2.76. The van der Waals surface area contributed by atoms with Crippen molar-refractivity contribution in [3.8, 4) is 0 Å². The van der Waals surface area contributed by atoms with Crippen molar-refractivity contribution in [1.29, 1.82) is 0 Å². The molecule has 0 aliphatic heterocycles. The van der Waals surface area contributed by atoms with Gasteiger partial charge in [-0.2, -0.15) is 13.2 Å². The molecule has 0 aliphatic carbocycles. The molecular formula is C15H12F3NO. The van der Waals surface area contributed by atoms with Crippen LogP contribution in [0.5, 0.6) is 0 Å². The lowest BCUT2D eigenvalue weighted by Crippen LogP contribution is -2.13. The van der Waals surface area contributed by atoms with Crippen LogP contribution < -0.4 is 5.32 Å². The zero-order valence-corrected chi connectivity index (χ0v) is 10.7. The summed E-state index contributed by atoms with van der Waals surface area (Å²) in [6.07, 6.45) is -4.43. The van der Waals surface area contributed by atoms with Crippen molar-refractivity contribution >= 4 is 11.6 Å². The highest BCUT2D eigenvalue weighted by Gasteiger charge is 2.30. The smallest absolute Gasteiger partial charge is 0.322 e. The van der Waals surface area contributed by atoms with Crippen LogP contribution in [0, 0.1) is 6.92 Å². The quantitative estimate of drug-likeness (QED) is 0.874. The van der Waals surface area contributed by atoms with Gasteiger partial charge in [-0.15, -0.1) is 0 Å². The number of alkyl halides is 3. The molecule has 1 N–H and O–H groups in total. The Morgan fingerprint density at radius 3 is 2.30 bits per heavy atom. The highest BCUT2D eigenvalue weighted by molar-refractivity contribution is 6.04. The summed E-state index contributed by atoms with van der Waals surface area (Å²) in [7, 11) is 0. The normalized spacial score (nSPS) is 11.2. The van der Waals surface area contributed by atoms with E-state index in [9.17, 15) is 18.0 Å². The maximum absolute atomic E-state index is 12.6. The molecular weight excluding hydrogens is 267 g/mol. The Hall–Kier alpha value is -2.30. The van der Waals surface area contributed by atoms with Gasteiger partial charge >= 0.3 is 6.18 Å². The molecule has 20 heavy (non-hydrogen) atoms. The van der Waals surface area contributed by atoms with Crippen LogP contribution in [0.3, 0.4) is 0 Å². The van der Waals surface area contributed by atoms with Gasteiger partial charge in [-0.05, 0) is 37.3 Å². The second kappa shape index (κ2) is 5.36. The summed E-state index contributed by atoms with van der Waals surface area (Å²) in [6, 6.07) is 11.3. The standard InChI is InChI=1S/C15H12F3NO/c1-10-5-7-11(8-6-10)14(20)19-13-4-2-3-12(9-13)15(16,17)18/h2-9H,1H3,(H,19,20). The fourth-order valence-electron chi connectivity index (χ4n) is 1.68. The molecule has 0 bridgehead atoms. The fourth-order valence-corrected chi connectivity index (χ4v) is 1.68. The van der Waals surface area contributed by atoms with Crippen LogP contribution in [0.25, 0.3) is 0 Å². The first-order valence-corrected chi connectivity index (χ1v) is 5.91. The lowest BCUT2D eigenvalue weighted by Gasteiger charge is -2.10. The van der Waals surface area contributed by atoms with Crippen LogP contribution in [0.2, 0.25) is 0 Å². The number of rotatable bonds is 2. The SMILES string of the molecule is Cc1ccc(C(=O)Nc2cccc(C(F)(F)F)c2)cc1. The van der Waals surface area contributed by atoms with Crippen LogP contribution in [0.4, 0.5) is 18.9 Å². The number of anilines is 1. The lowest BCUT2D eigenvalue weighted by atomic mass is 10.1. The molecule has 0 unspecified atom stereocenters. The summed E-state index contributed by atoms with van der Waals surface area (Å²) in [5.74, 6) is -0.440. The summed E-state index contributed by atoms with van der Waals surface area (Å²) in [5, 5.41) is 2.45. The first-order valence-electron chi connectivity index (χ1n) is 5.91. The average Bonchev–Trinajstić information content (AvgIpc) is 2.38. The number of hydrogen-bond acceptors (Lipinski definition) is 1. The molecule has 2 aromatic carbocycles. The average molecular weight is 279 g/mol. The molecule has 0 atom stereocenters. The number of amides is 1. The van der Waals surface area contributed by atoms with Gasteiger partial charge in [0.05, 0.1) is 5.56 Å². The van der Waals surface area contributed by atoms with Crippen LogP contribution in [0.1, 0.15) is 21.5 Å². The first-order chi connectivity index (χ1) is 9.36. The molecule has 104 valence electrons. The molecule has 0 saturated heterocycles. The summed E-state index contributed by atoms with van der Waals surface area (Å²) >= 11 is 0. The van der Waals surface area contributed by atoms with Gasteiger partial charge in [-0.1, -0.05) is 23.8 Å². The number of nitrogens with one attached hydrogen (secondary N) is 1. The monoisotopic (exact) mass is 279 g/mol. The molecule has 5 heteroatoms. The Morgan fingerprint density at radius 1 is 1.05 bits per heavy atom. The van der Waals surface area contributed by atoms with E-state index in [2.05, 4.69) is 5.32 Å². The van der Waals surface area contributed by atoms with Crippen LogP contribution in [-0.2, 0) is 6.18 Å². The maximum atomic E-state index is 12.6. The molecule has 0 aliphatic rings. The largest absolute Gasteiger partial charge is 0.416 e. The van der Waals surface area contributed by atoms with E-state index in [0.29, 0.717) is 5.56 Å². The number of carbonyl (C=O) groups is 1. The summed E-state index contributed by atoms with van der Waals surface area (Å²) < 4.78 is 37.7. The fraction of sp³-hybridized carbons (Fsp3) is 0.133. The number of halogens is 3. The van der Waals surface area contributed by atoms with Gasteiger partial charge in [-0.25, -0.2) is 0 Å². The Balaban J connectivity index is 2.18. The van der Waals surface area contributed by atoms with E-state index in [1.54, 1.807) is 24.3 Å².